The molecule has 0 radical (unpaired) electrons. The van der Waals surface area contributed by atoms with E-state index in [0.29, 0.717) is 0 Å². The Morgan fingerprint density at radius 3 is 2.20 bits per heavy atom. The highest BCUT2D eigenvalue weighted by Gasteiger charge is 2.42. The van der Waals surface area contributed by atoms with Gasteiger partial charge in [-0.2, -0.15) is 0 Å². The molecule has 0 unspecified atom stereocenters. The summed E-state index contributed by atoms with van der Waals surface area (Å²) in [5.41, 5.74) is -0.346. The van der Waals surface area contributed by atoms with Crippen molar-refractivity contribution in [1.82, 2.24) is 4.90 Å². The van der Waals surface area contributed by atoms with E-state index in [2.05, 4.69) is 18.7 Å². The molecule has 1 N–H and O–H groups in total. The van der Waals surface area contributed by atoms with Crippen LogP contribution in [0.5, 0.6) is 0 Å². The van der Waals surface area contributed by atoms with Crippen LogP contribution >= 0.6 is 0 Å². The SMILES string of the molecule is CCC1CCC(N2CC(O)(CC)C2)CC1. The van der Waals surface area contributed by atoms with Gasteiger partial charge in [0.05, 0.1) is 5.60 Å². The summed E-state index contributed by atoms with van der Waals surface area (Å²) in [5.74, 6) is 0.979. The van der Waals surface area contributed by atoms with Crippen molar-refractivity contribution in [2.24, 2.45) is 5.92 Å². The Hall–Kier alpha value is -0.0800. The molecule has 0 aromatic carbocycles. The van der Waals surface area contributed by atoms with Crippen LogP contribution in [0.1, 0.15) is 52.4 Å². The molecular formula is C13H25NO. The maximum absolute atomic E-state index is 9.98. The molecule has 2 heteroatoms. The highest BCUT2D eigenvalue weighted by Crippen LogP contribution is 2.34. The Kier molecular flexibility index (Phi) is 3.36. The van der Waals surface area contributed by atoms with Gasteiger partial charge < -0.3 is 5.11 Å². The molecule has 0 atom stereocenters. The molecule has 2 fully saturated rings. The van der Waals surface area contributed by atoms with E-state index < -0.39 is 0 Å². The number of hydrogen-bond donors (Lipinski definition) is 1. The van der Waals surface area contributed by atoms with Gasteiger partial charge in [0.15, 0.2) is 0 Å². The fraction of sp³-hybridized carbons (Fsp3) is 1.00. The van der Waals surface area contributed by atoms with Gasteiger partial charge in [-0.25, -0.2) is 0 Å². The first kappa shape index (κ1) is 11.4. The van der Waals surface area contributed by atoms with Crippen molar-refractivity contribution in [3.05, 3.63) is 0 Å². The zero-order chi connectivity index (χ0) is 10.9. The molecule has 1 aliphatic carbocycles. The quantitative estimate of drug-likeness (QED) is 0.775. The van der Waals surface area contributed by atoms with Gasteiger partial charge in [-0.15, -0.1) is 0 Å². The van der Waals surface area contributed by atoms with Gasteiger partial charge in [0, 0.05) is 19.1 Å². The molecule has 0 spiro atoms. The van der Waals surface area contributed by atoms with E-state index in [4.69, 9.17) is 0 Å². The highest BCUT2D eigenvalue weighted by atomic mass is 16.3. The Bertz CT molecular complexity index is 203. The van der Waals surface area contributed by atoms with E-state index >= 15 is 0 Å². The van der Waals surface area contributed by atoms with Crippen LogP contribution in [0.3, 0.4) is 0 Å². The van der Waals surface area contributed by atoms with Gasteiger partial charge in [0.1, 0.15) is 0 Å². The monoisotopic (exact) mass is 211 g/mol. The molecule has 2 aliphatic rings. The maximum Gasteiger partial charge on any atom is 0.0897 e. The van der Waals surface area contributed by atoms with E-state index in [9.17, 15) is 5.11 Å². The molecule has 1 saturated carbocycles. The van der Waals surface area contributed by atoms with E-state index in [1.807, 2.05) is 0 Å². The first-order chi connectivity index (χ1) is 7.17. The Morgan fingerprint density at radius 2 is 1.73 bits per heavy atom. The predicted molar refractivity (Wildman–Crippen MR) is 62.9 cm³/mol. The molecule has 2 rings (SSSR count). The maximum atomic E-state index is 9.98. The molecule has 15 heavy (non-hydrogen) atoms. The standard InChI is InChI=1S/C13H25NO/c1-3-11-5-7-12(8-6-11)14-9-13(15,4-2)10-14/h11-12,15H,3-10H2,1-2H3. The third-order valence-electron chi connectivity index (χ3n) is 4.56. The zero-order valence-electron chi connectivity index (χ0n) is 10.2. The van der Waals surface area contributed by atoms with Crippen LogP contribution in [0.25, 0.3) is 0 Å². The molecule has 1 heterocycles. The summed E-state index contributed by atoms with van der Waals surface area (Å²) in [7, 11) is 0. The normalized spacial score (nSPS) is 36.2. The summed E-state index contributed by atoms with van der Waals surface area (Å²) in [5, 5.41) is 9.98. The van der Waals surface area contributed by atoms with Crippen molar-refractivity contribution in [1.29, 1.82) is 0 Å². The van der Waals surface area contributed by atoms with Gasteiger partial charge in [0.2, 0.25) is 0 Å². The van der Waals surface area contributed by atoms with Crippen molar-refractivity contribution >= 4 is 0 Å². The van der Waals surface area contributed by atoms with Crippen LogP contribution in [0.15, 0.2) is 0 Å². The second kappa shape index (κ2) is 4.42. The number of likely N-dealkylation sites (tertiary alicyclic amines) is 1. The number of β-amino-alcohol motifs (C(OH)–C–C–N with tert-alkyl or cyclic N) is 1. The second-order valence-corrected chi connectivity index (χ2v) is 5.57. The minimum absolute atomic E-state index is 0.346. The van der Waals surface area contributed by atoms with Crippen LogP contribution in [0, 0.1) is 5.92 Å². The second-order valence-electron chi connectivity index (χ2n) is 5.57. The van der Waals surface area contributed by atoms with Crippen LogP contribution in [0.4, 0.5) is 0 Å². The Morgan fingerprint density at radius 1 is 1.13 bits per heavy atom. The molecule has 1 saturated heterocycles. The highest BCUT2D eigenvalue weighted by molar-refractivity contribution is 4.98. The van der Waals surface area contributed by atoms with Crippen LogP contribution in [-0.2, 0) is 0 Å². The van der Waals surface area contributed by atoms with E-state index in [0.717, 1.165) is 31.5 Å². The van der Waals surface area contributed by atoms with E-state index in [1.54, 1.807) is 0 Å². The summed E-state index contributed by atoms with van der Waals surface area (Å²) < 4.78 is 0. The first-order valence-electron chi connectivity index (χ1n) is 6.63. The summed E-state index contributed by atoms with van der Waals surface area (Å²) in [6, 6.07) is 0.777. The molecule has 0 aromatic rings. The third kappa shape index (κ3) is 2.36. The average molecular weight is 211 g/mol. The van der Waals surface area contributed by atoms with E-state index in [-0.39, 0.29) is 5.60 Å². The molecule has 0 bridgehead atoms. The molecule has 1 aliphatic heterocycles. The molecule has 2 nitrogen and oxygen atoms in total. The Balaban J connectivity index is 1.74. The predicted octanol–water partition coefficient (Wildman–Crippen LogP) is 2.41. The van der Waals surface area contributed by atoms with Crippen LogP contribution in [-0.4, -0.2) is 34.7 Å². The van der Waals surface area contributed by atoms with Gasteiger partial charge >= 0.3 is 0 Å². The van der Waals surface area contributed by atoms with Crippen molar-refractivity contribution < 1.29 is 5.11 Å². The van der Waals surface area contributed by atoms with Crippen molar-refractivity contribution in [2.45, 2.75) is 64.0 Å². The number of rotatable bonds is 3. The lowest BCUT2D eigenvalue weighted by Crippen LogP contribution is -2.64. The van der Waals surface area contributed by atoms with Gasteiger partial charge in [-0.1, -0.05) is 20.3 Å². The van der Waals surface area contributed by atoms with E-state index in [1.165, 1.54) is 32.1 Å². The zero-order valence-corrected chi connectivity index (χ0v) is 10.2. The number of nitrogens with zero attached hydrogens (tertiary/aromatic N) is 1. The van der Waals surface area contributed by atoms with Gasteiger partial charge in [-0.3, -0.25) is 4.90 Å². The lowest BCUT2D eigenvalue weighted by Gasteiger charge is -2.51. The van der Waals surface area contributed by atoms with Crippen molar-refractivity contribution in [3.63, 3.8) is 0 Å². The lowest BCUT2D eigenvalue weighted by molar-refractivity contribution is -0.122. The lowest BCUT2D eigenvalue weighted by atomic mass is 9.80. The summed E-state index contributed by atoms with van der Waals surface area (Å²) in [4.78, 5) is 2.50. The van der Waals surface area contributed by atoms with Crippen LogP contribution in [0.2, 0.25) is 0 Å². The molecular weight excluding hydrogens is 186 g/mol. The summed E-state index contributed by atoms with van der Waals surface area (Å²) >= 11 is 0. The third-order valence-corrected chi connectivity index (χ3v) is 4.56. The minimum Gasteiger partial charge on any atom is -0.387 e. The molecule has 0 aromatic heterocycles. The minimum atomic E-state index is -0.346. The number of hydrogen-bond acceptors (Lipinski definition) is 2. The smallest absolute Gasteiger partial charge is 0.0897 e. The largest absolute Gasteiger partial charge is 0.387 e. The molecule has 88 valence electrons. The fourth-order valence-corrected chi connectivity index (χ4v) is 3.11. The van der Waals surface area contributed by atoms with Crippen molar-refractivity contribution in [2.75, 3.05) is 13.1 Å². The Labute approximate surface area is 93.7 Å². The number of aliphatic hydroxyl groups is 1. The molecule has 0 amide bonds. The van der Waals surface area contributed by atoms with Crippen molar-refractivity contribution in [3.8, 4) is 0 Å². The fourth-order valence-electron chi connectivity index (χ4n) is 3.11. The van der Waals surface area contributed by atoms with Gasteiger partial charge in [-0.05, 0) is 38.0 Å². The first-order valence-corrected chi connectivity index (χ1v) is 6.63. The summed E-state index contributed by atoms with van der Waals surface area (Å²) in [6.07, 6.45) is 7.79. The topological polar surface area (TPSA) is 23.5 Å². The van der Waals surface area contributed by atoms with Gasteiger partial charge in [0.25, 0.3) is 0 Å². The average Bonchev–Trinajstić information content (AvgIpc) is 2.25. The van der Waals surface area contributed by atoms with Crippen LogP contribution < -0.4 is 0 Å². The summed E-state index contributed by atoms with van der Waals surface area (Å²) in [6.45, 7) is 6.24.